The van der Waals surface area contributed by atoms with Gasteiger partial charge in [-0.2, -0.15) is 5.10 Å². The number of alkyl carbamates (subject to hydrolysis) is 1. The van der Waals surface area contributed by atoms with E-state index < -0.39 is 11.7 Å². The minimum absolute atomic E-state index is 0.141. The van der Waals surface area contributed by atoms with Crippen LogP contribution in [0.2, 0.25) is 0 Å². The lowest BCUT2D eigenvalue weighted by molar-refractivity contribution is -0.0402. The monoisotopic (exact) mass is 456 g/mol. The SMILES string of the molecule is Cc1c2c(=O)[nH]c3ccc(OCCCNC(=O)OC(C)(C)C)cc3c2nn1C1CCCCO1. The second-order valence-corrected chi connectivity index (χ2v) is 9.37. The molecule has 3 aromatic rings. The topological polar surface area (TPSA) is 107 Å². The normalized spacial score (nSPS) is 16.8. The first kappa shape index (κ1) is 23.1. The van der Waals surface area contributed by atoms with Crippen LogP contribution in [0.4, 0.5) is 4.79 Å². The van der Waals surface area contributed by atoms with Crippen LogP contribution in [-0.4, -0.2) is 46.2 Å². The van der Waals surface area contributed by atoms with Crippen LogP contribution < -0.4 is 15.6 Å². The Morgan fingerprint density at radius 3 is 2.88 bits per heavy atom. The smallest absolute Gasteiger partial charge is 0.407 e. The number of ether oxygens (including phenoxy) is 3. The van der Waals surface area contributed by atoms with Crippen molar-refractivity contribution in [1.29, 1.82) is 0 Å². The molecule has 1 unspecified atom stereocenters. The fraction of sp³-hybridized carbons (Fsp3) is 0.542. The van der Waals surface area contributed by atoms with Crippen molar-refractivity contribution in [2.24, 2.45) is 0 Å². The zero-order chi connectivity index (χ0) is 23.6. The molecule has 1 aliphatic heterocycles. The molecule has 3 heterocycles. The number of carbonyl (C=O) groups excluding carboxylic acids is 1. The summed E-state index contributed by atoms with van der Waals surface area (Å²) in [5.41, 5.74) is 1.49. The van der Waals surface area contributed by atoms with Crippen LogP contribution >= 0.6 is 0 Å². The fourth-order valence-corrected chi connectivity index (χ4v) is 4.05. The van der Waals surface area contributed by atoms with Crippen LogP contribution in [0, 0.1) is 6.92 Å². The average Bonchev–Trinajstić information content (AvgIpc) is 3.11. The molecule has 2 aromatic heterocycles. The van der Waals surface area contributed by atoms with Gasteiger partial charge in [0, 0.05) is 18.5 Å². The summed E-state index contributed by atoms with van der Waals surface area (Å²) < 4.78 is 18.8. The summed E-state index contributed by atoms with van der Waals surface area (Å²) in [6.07, 6.45) is 3.07. The number of nitrogens with one attached hydrogen (secondary N) is 2. The number of carbonyl (C=O) groups is 1. The lowest BCUT2D eigenvalue weighted by atomic mass is 10.1. The molecular weight excluding hydrogens is 424 g/mol. The van der Waals surface area contributed by atoms with Gasteiger partial charge in [0.05, 0.1) is 23.2 Å². The highest BCUT2D eigenvalue weighted by molar-refractivity contribution is 6.04. The van der Waals surface area contributed by atoms with Crippen LogP contribution in [0.3, 0.4) is 0 Å². The van der Waals surface area contributed by atoms with E-state index in [9.17, 15) is 9.59 Å². The van der Waals surface area contributed by atoms with Crippen molar-refractivity contribution in [3.05, 3.63) is 34.2 Å². The van der Waals surface area contributed by atoms with Crippen LogP contribution in [0.5, 0.6) is 5.75 Å². The average molecular weight is 457 g/mol. The second-order valence-electron chi connectivity index (χ2n) is 9.37. The number of aromatic amines is 1. The van der Waals surface area contributed by atoms with E-state index in [2.05, 4.69) is 10.3 Å². The summed E-state index contributed by atoms with van der Waals surface area (Å²) >= 11 is 0. The Bertz CT molecular complexity index is 1200. The van der Waals surface area contributed by atoms with Gasteiger partial charge in [-0.3, -0.25) is 4.79 Å². The molecule has 2 N–H and O–H groups in total. The van der Waals surface area contributed by atoms with Crippen molar-refractivity contribution in [1.82, 2.24) is 20.1 Å². The van der Waals surface area contributed by atoms with Crippen LogP contribution in [0.15, 0.2) is 23.0 Å². The zero-order valence-corrected chi connectivity index (χ0v) is 19.7. The van der Waals surface area contributed by atoms with Gasteiger partial charge in [0.2, 0.25) is 0 Å². The fourth-order valence-electron chi connectivity index (χ4n) is 4.05. The maximum Gasteiger partial charge on any atom is 0.407 e. The molecule has 0 bridgehead atoms. The Kier molecular flexibility index (Phi) is 6.60. The summed E-state index contributed by atoms with van der Waals surface area (Å²) in [5, 5.41) is 8.90. The number of aryl methyl sites for hydroxylation is 1. The third-order valence-electron chi connectivity index (χ3n) is 5.56. The highest BCUT2D eigenvalue weighted by atomic mass is 16.6. The van der Waals surface area contributed by atoms with E-state index in [1.54, 1.807) is 0 Å². The molecule has 9 heteroatoms. The number of rotatable bonds is 6. The van der Waals surface area contributed by atoms with E-state index in [4.69, 9.17) is 19.3 Å². The summed E-state index contributed by atoms with van der Waals surface area (Å²) in [5.74, 6) is 0.675. The van der Waals surface area contributed by atoms with Crippen LogP contribution in [0.1, 0.15) is 58.4 Å². The Morgan fingerprint density at radius 2 is 2.15 bits per heavy atom. The number of benzene rings is 1. The van der Waals surface area contributed by atoms with Crippen molar-refractivity contribution >= 4 is 27.9 Å². The van der Waals surface area contributed by atoms with Crippen molar-refractivity contribution in [3.63, 3.8) is 0 Å². The maximum atomic E-state index is 12.8. The Balaban J connectivity index is 1.48. The second kappa shape index (κ2) is 9.43. The lowest BCUT2D eigenvalue weighted by Crippen LogP contribution is -2.33. The van der Waals surface area contributed by atoms with Gasteiger partial charge in [-0.1, -0.05) is 0 Å². The highest BCUT2D eigenvalue weighted by Crippen LogP contribution is 2.30. The number of nitrogens with zero attached hydrogens (tertiary/aromatic N) is 2. The van der Waals surface area contributed by atoms with E-state index in [-0.39, 0.29) is 11.8 Å². The Labute approximate surface area is 192 Å². The molecule has 0 radical (unpaired) electrons. The van der Waals surface area contributed by atoms with Gasteiger partial charge < -0.3 is 24.5 Å². The molecule has 1 atom stereocenters. The number of pyridine rings is 1. The van der Waals surface area contributed by atoms with Gasteiger partial charge in [-0.25, -0.2) is 9.48 Å². The molecule has 4 rings (SSSR count). The van der Waals surface area contributed by atoms with E-state index >= 15 is 0 Å². The molecule has 1 fully saturated rings. The molecule has 178 valence electrons. The van der Waals surface area contributed by atoms with Crippen molar-refractivity contribution in [2.45, 2.75) is 65.2 Å². The predicted molar refractivity (Wildman–Crippen MR) is 126 cm³/mol. The van der Waals surface area contributed by atoms with E-state index in [1.807, 2.05) is 50.6 Å². The minimum atomic E-state index is -0.521. The number of hydrogen-bond acceptors (Lipinski definition) is 6. The van der Waals surface area contributed by atoms with Crippen molar-refractivity contribution in [2.75, 3.05) is 19.8 Å². The lowest BCUT2D eigenvalue weighted by Gasteiger charge is -2.23. The number of H-pyrrole nitrogens is 1. The summed E-state index contributed by atoms with van der Waals surface area (Å²) in [6, 6.07) is 5.54. The standard InChI is InChI=1S/C24H32N4O5/c1-15-20-21(27-28(15)19-8-5-6-12-32-19)17-14-16(9-10-18(17)26-22(20)29)31-13-7-11-25-23(30)33-24(2,3)4/h9-10,14,19H,5-8,11-13H2,1-4H3,(H,25,30)(H,26,29). The van der Waals surface area contributed by atoms with Crippen LogP contribution in [-0.2, 0) is 9.47 Å². The van der Waals surface area contributed by atoms with E-state index in [0.717, 1.165) is 30.3 Å². The molecule has 1 amide bonds. The highest BCUT2D eigenvalue weighted by Gasteiger charge is 2.22. The number of amides is 1. The molecule has 33 heavy (non-hydrogen) atoms. The third kappa shape index (κ3) is 5.30. The van der Waals surface area contributed by atoms with Crippen molar-refractivity contribution in [3.8, 4) is 5.75 Å². The number of fused-ring (bicyclic) bond motifs is 3. The van der Waals surface area contributed by atoms with Gasteiger partial charge in [0.25, 0.3) is 5.56 Å². The quantitative estimate of drug-likeness (QED) is 0.539. The zero-order valence-electron chi connectivity index (χ0n) is 19.7. The van der Waals surface area contributed by atoms with Gasteiger partial charge in [-0.05, 0) is 71.6 Å². The first-order valence-electron chi connectivity index (χ1n) is 11.5. The van der Waals surface area contributed by atoms with E-state index in [1.165, 1.54) is 0 Å². The first-order chi connectivity index (χ1) is 15.7. The first-order valence-corrected chi connectivity index (χ1v) is 11.5. The molecule has 1 aliphatic rings. The molecule has 0 saturated carbocycles. The van der Waals surface area contributed by atoms with Crippen molar-refractivity contribution < 1.29 is 19.0 Å². The number of aromatic nitrogens is 3. The maximum absolute atomic E-state index is 12.8. The molecule has 9 nitrogen and oxygen atoms in total. The van der Waals surface area contributed by atoms with Gasteiger partial charge in [0.1, 0.15) is 23.1 Å². The molecule has 1 aromatic carbocycles. The van der Waals surface area contributed by atoms with Gasteiger partial charge in [-0.15, -0.1) is 0 Å². The molecule has 1 saturated heterocycles. The molecule has 0 spiro atoms. The molecular formula is C24H32N4O5. The van der Waals surface area contributed by atoms with Crippen LogP contribution in [0.25, 0.3) is 21.8 Å². The van der Waals surface area contributed by atoms with E-state index in [0.29, 0.717) is 48.3 Å². The third-order valence-corrected chi connectivity index (χ3v) is 5.56. The minimum Gasteiger partial charge on any atom is -0.494 e. The molecule has 0 aliphatic carbocycles. The largest absolute Gasteiger partial charge is 0.494 e. The Morgan fingerprint density at radius 1 is 1.33 bits per heavy atom. The predicted octanol–water partition coefficient (Wildman–Crippen LogP) is 4.18. The van der Waals surface area contributed by atoms with Gasteiger partial charge >= 0.3 is 6.09 Å². The number of hydrogen-bond donors (Lipinski definition) is 2. The summed E-state index contributed by atoms with van der Waals surface area (Å²) in [7, 11) is 0. The Hall–Kier alpha value is -3.07. The van der Waals surface area contributed by atoms with Gasteiger partial charge in [0.15, 0.2) is 0 Å². The summed E-state index contributed by atoms with van der Waals surface area (Å²) in [6.45, 7) is 8.97. The summed E-state index contributed by atoms with van der Waals surface area (Å²) in [4.78, 5) is 27.4.